The Hall–Kier alpha value is -2.40. The van der Waals surface area contributed by atoms with Crippen molar-refractivity contribution in [2.75, 3.05) is 26.7 Å². The molecule has 2 aliphatic heterocycles. The second-order valence-corrected chi connectivity index (χ2v) is 9.03. The number of carbonyl (C=O) groups excluding carboxylic acids is 1. The molecule has 3 fully saturated rings. The van der Waals surface area contributed by atoms with Gasteiger partial charge in [-0.2, -0.15) is 0 Å². The van der Waals surface area contributed by atoms with Gasteiger partial charge in [-0.25, -0.2) is 4.39 Å². The third kappa shape index (κ3) is 3.83. The van der Waals surface area contributed by atoms with Gasteiger partial charge < -0.3 is 9.64 Å². The van der Waals surface area contributed by atoms with Gasteiger partial charge in [-0.3, -0.25) is 9.69 Å². The standard InChI is InChI=1S/C25H29FN2O2/c1-30-21-10-6-18(7-11-21)22-16-28(25(29)19-4-5-19)24-12-13-27(15-23(22)24)14-17-2-8-20(26)9-3-17/h2-3,6-11,19,22-24H,4-5,12-16H2,1H3/t22-,23-,24-/m0/s1. The van der Waals surface area contributed by atoms with Crippen molar-refractivity contribution in [3.8, 4) is 5.75 Å². The zero-order valence-corrected chi connectivity index (χ0v) is 17.5. The molecule has 0 unspecified atom stereocenters. The molecule has 3 aliphatic rings. The fraction of sp³-hybridized carbons (Fsp3) is 0.480. The van der Waals surface area contributed by atoms with E-state index in [1.807, 2.05) is 24.3 Å². The van der Waals surface area contributed by atoms with Crippen LogP contribution in [-0.4, -0.2) is 48.5 Å². The van der Waals surface area contributed by atoms with Crippen LogP contribution in [0.25, 0.3) is 0 Å². The summed E-state index contributed by atoms with van der Waals surface area (Å²) in [5.41, 5.74) is 2.43. The summed E-state index contributed by atoms with van der Waals surface area (Å²) in [5.74, 6) is 2.07. The topological polar surface area (TPSA) is 32.8 Å². The number of rotatable bonds is 5. The number of hydrogen-bond acceptors (Lipinski definition) is 3. The summed E-state index contributed by atoms with van der Waals surface area (Å²) in [6.45, 7) is 3.59. The molecular formula is C25H29FN2O2. The third-order valence-corrected chi connectivity index (χ3v) is 7.09. The Morgan fingerprint density at radius 2 is 1.77 bits per heavy atom. The van der Waals surface area contributed by atoms with E-state index in [1.54, 1.807) is 7.11 Å². The van der Waals surface area contributed by atoms with E-state index in [2.05, 4.69) is 21.9 Å². The molecule has 2 heterocycles. The first-order valence-corrected chi connectivity index (χ1v) is 11.0. The maximum absolute atomic E-state index is 13.3. The molecule has 0 bridgehead atoms. The lowest BCUT2D eigenvalue weighted by atomic mass is 9.81. The molecule has 158 valence electrons. The molecule has 1 aliphatic carbocycles. The van der Waals surface area contributed by atoms with Crippen LogP contribution >= 0.6 is 0 Å². The summed E-state index contributed by atoms with van der Waals surface area (Å²) in [6.07, 6.45) is 3.12. The summed E-state index contributed by atoms with van der Waals surface area (Å²) in [5, 5.41) is 0. The predicted octanol–water partition coefficient (Wildman–Crippen LogP) is 4.06. The molecule has 4 nitrogen and oxygen atoms in total. The number of ether oxygens (including phenoxy) is 1. The maximum atomic E-state index is 13.3. The number of methoxy groups -OCH3 is 1. The Morgan fingerprint density at radius 3 is 2.43 bits per heavy atom. The number of benzene rings is 2. The number of piperidine rings is 1. The second kappa shape index (κ2) is 8.03. The van der Waals surface area contributed by atoms with E-state index in [1.165, 1.54) is 17.7 Å². The first-order valence-electron chi connectivity index (χ1n) is 11.0. The first kappa shape index (κ1) is 19.6. The molecular weight excluding hydrogens is 379 g/mol. The van der Waals surface area contributed by atoms with Crippen LogP contribution < -0.4 is 4.74 Å². The highest BCUT2D eigenvalue weighted by Crippen LogP contribution is 2.44. The number of halogens is 1. The predicted molar refractivity (Wildman–Crippen MR) is 114 cm³/mol. The van der Waals surface area contributed by atoms with Crippen molar-refractivity contribution in [1.29, 1.82) is 0 Å². The van der Waals surface area contributed by atoms with Gasteiger partial charge in [0.2, 0.25) is 5.91 Å². The van der Waals surface area contributed by atoms with Crippen molar-refractivity contribution in [3.05, 3.63) is 65.5 Å². The molecule has 2 aromatic rings. The lowest BCUT2D eigenvalue weighted by molar-refractivity contribution is -0.134. The largest absolute Gasteiger partial charge is 0.497 e. The van der Waals surface area contributed by atoms with E-state index in [9.17, 15) is 9.18 Å². The van der Waals surface area contributed by atoms with Crippen LogP contribution in [0.5, 0.6) is 5.75 Å². The van der Waals surface area contributed by atoms with E-state index in [4.69, 9.17) is 4.74 Å². The van der Waals surface area contributed by atoms with Crippen molar-refractivity contribution in [3.63, 3.8) is 0 Å². The van der Waals surface area contributed by atoms with E-state index >= 15 is 0 Å². The highest BCUT2D eigenvalue weighted by molar-refractivity contribution is 5.82. The second-order valence-electron chi connectivity index (χ2n) is 9.03. The minimum atomic E-state index is -0.193. The average Bonchev–Trinajstić information content (AvgIpc) is 3.56. The van der Waals surface area contributed by atoms with Gasteiger partial charge in [0.15, 0.2) is 0 Å². The van der Waals surface area contributed by atoms with Gasteiger partial charge in [-0.05, 0) is 54.7 Å². The number of hydrogen-bond donors (Lipinski definition) is 0. The Kier molecular flexibility index (Phi) is 5.23. The summed E-state index contributed by atoms with van der Waals surface area (Å²) < 4.78 is 18.6. The van der Waals surface area contributed by atoms with Gasteiger partial charge in [-0.1, -0.05) is 24.3 Å². The van der Waals surface area contributed by atoms with Crippen molar-refractivity contribution in [2.24, 2.45) is 11.8 Å². The molecule has 5 heteroatoms. The van der Waals surface area contributed by atoms with E-state index in [0.29, 0.717) is 23.8 Å². The molecule has 0 aromatic heterocycles. The number of amides is 1. The van der Waals surface area contributed by atoms with Gasteiger partial charge in [0.1, 0.15) is 11.6 Å². The van der Waals surface area contributed by atoms with Crippen molar-refractivity contribution in [2.45, 2.75) is 37.8 Å². The Balaban J connectivity index is 1.37. The summed E-state index contributed by atoms with van der Waals surface area (Å²) >= 11 is 0. The van der Waals surface area contributed by atoms with Crippen LogP contribution in [0.1, 0.15) is 36.3 Å². The normalized spacial score (nSPS) is 26.5. The summed E-state index contributed by atoms with van der Waals surface area (Å²) in [4.78, 5) is 17.7. The SMILES string of the molecule is COc1ccc([C@@H]2CN(C(=O)C3CC3)[C@H]3CCN(Cc4ccc(F)cc4)C[C@@H]23)cc1. The highest BCUT2D eigenvalue weighted by atomic mass is 19.1. The number of carbonyl (C=O) groups is 1. The van der Waals surface area contributed by atoms with Gasteiger partial charge in [0.25, 0.3) is 0 Å². The fourth-order valence-corrected chi connectivity index (χ4v) is 5.32. The molecule has 2 aromatic carbocycles. The van der Waals surface area contributed by atoms with Crippen molar-refractivity contribution >= 4 is 5.91 Å². The summed E-state index contributed by atoms with van der Waals surface area (Å²) in [6, 6.07) is 15.5. The summed E-state index contributed by atoms with van der Waals surface area (Å²) in [7, 11) is 1.69. The number of nitrogens with zero attached hydrogens (tertiary/aromatic N) is 2. The Morgan fingerprint density at radius 1 is 1.03 bits per heavy atom. The van der Waals surface area contributed by atoms with Crippen LogP contribution in [0.2, 0.25) is 0 Å². The molecule has 0 spiro atoms. The van der Waals surface area contributed by atoms with Crippen LogP contribution in [0.4, 0.5) is 4.39 Å². The molecule has 0 radical (unpaired) electrons. The van der Waals surface area contributed by atoms with E-state index in [-0.39, 0.29) is 11.7 Å². The zero-order chi connectivity index (χ0) is 20.7. The fourth-order valence-electron chi connectivity index (χ4n) is 5.32. The minimum absolute atomic E-state index is 0.193. The van der Waals surface area contributed by atoms with E-state index in [0.717, 1.165) is 56.8 Å². The Bertz CT molecular complexity index is 894. The molecule has 1 amide bonds. The lowest BCUT2D eigenvalue weighted by Gasteiger charge is -2.39. The Labute approximate surface area is 177 Å². The molecule has 30 heavy (non-hydrogen) atoms. The van der Waals surface area contributed by atoms with Gasteiger partial charge >= 0.3 is 0 Å². The first-order chi connectivity index (χ1) is 14.6. The van der Waals surface area contributed by atoms with E-state index < -0.39 is 0 Å². The number of likely N-dealkylation sites (tertiary alicyclic amines) is 2. The molecule has 2 saturated heterocycles. The van der Waals surface area contributed by atoms with Crippen molar-refractivity contribution in [1.82, 2.24) is 9.80 Å². The monoisotopic (exact) mass is 408 g/mol. The molecule has 5 rings (SSSR count). The van der Waals surface area contributed by atoms with Crippen LogP contribution in [0.15, 0.2) is 48.5 Å². The van der Waals surface area contributed by atoms with Gasteiger partial charge in [0.05, 0.1) is 7.11 Å². The third-order valence-electron chi connectivity index (χ3n) is 7.09. The average molecular weight is 409 g/mol. The maximum Gasteiger partial charge on any atom is 0.225 e. The van der Waals surface area contributed by atoms with Crippen molar-refractivity contribution < 1.29 is 13.9 Å². The van der Waals surface area contributed by atoms with Crippen LogP contribution in [0.3, 0.4) is 0 Å². The van der Waals surface area contributed by atoms with Gasteiger partial charge in [0, 0.05) is 50.0 Å². The smallest absolute Gasteiger partial charge is 0.225 e. The quantitative estimate of drug-likeness (QED) is 0.748. The number of fused-ring (bicyclic) bond motifs is 1. The van der Waals surface area contributed by atoms with Crippen LogP contribution in [-0.2, 0) is 11.3 Å². The lowest BCUT2D eigenvalue weighted by Crippen LogP contribution is -2.48. The molecule has 1 saturated carbocycles. The highest BCUT2D eigenvalue weighted by Gasteiger charge is 2.49. The zero-order valence-electron chi connectivity index (χ0n) is 17.5. The van der Waals surface area contributed by atoms with Crippen LogP contribution in [0, 0.1) is 17.7 Å². The minimum Gasteiger partial charge on any atom is -0.497 e. The van der Waals surface area contributed by atoms with Gasteiger partial charge in [-0.15, -0.1) is 0 Å². The molecule has 3 atom stereocenters. The molecule has 0 N–H and O–H groups in total.